The van der Waals surface area contributed by atoms with E-state index in [1.165, 1.54) is 0 Å². The molecule has 3 unspecified atom stereocenters. The summed E-state index contributed by atoms with van der Waals surface area (Å²) in [4.78, 5) is 52.5. The summed E-state index contributed by atoms with van der Waals surface area (Å²) in [5, 5.41) is 7.64. The smallest absolute Gasteiger partial charge is 0.243 e. The molecule has 1 aliphatic rings. The Morgan fingerprint density at radius 3 is 2.19 bits per heavy atom. The fourth-order valence-electron chi connectivity index (χ4n) is 2.62. The highest BCUT2D eigenvalue weighted by Gasteiger charge is 2.50. The molecule has 0 aromatic carbocycles. The molecule has 1 heterocycles. The number of hydrogen-bond donors (Lipinski definition) is 4. The monoisotopic (exact) mass is 384 g/mol. The number of carbonyl (C=O) groups is 4. The van der Waals surface area contributed by atoms with E-state index in [9.17, 15) is 19.2 Å². The Balaban J connectivity index is 2.55. The van der Waals surface area contributed by atoms with Gasteiger partial charge < -0.3 is 16.0 Å². The van der Waals surface area contributed by atoms with Crippen LogP contribution >= 0.6 is 0 Å². The van der Waals surface area contributed by atoms with E-state index in [0.29, 0.717) is 25.2 Å². The molecule has 0 saturated carbocycles. The number of hydrogen-bond acceptors (Lipinski definition) is 6. The molecule has 3 amide bonds. The van der Waals surface area contributed by atoms with Crippen LogP contribution in [0.15, 0.2) is 0 Å². The largest absolute Gasteiger partial charge is 0.347 e. The molecule has 1 fully saturated rings. The van der Waals surface area contributed by atoms with Gasteiger partial charge in [0.25, 0.3) is 0 Å². The summed E-state index contributed by atoms with van der Waals surface area (Å²) >= 11 is 0. The molecule has 9 nitrogen and oxygen atoms in total. The second-order valence-corrected chi connectivity index (χ2v) is 7.88. The summed E-state index contributed by atoms with van der Waals surface area (Å²) < 4.78 is 0. The summed E-state index contributed by atoms with van der Waals surface area (Å²) in [6, 6.07) is -1.40. The fourth-order valence-corrected chi connectivity index (χ4v) is 2.62. The molecule has 0 aromatic heterocycles. The minimum absolute atomic E-state index is 0.188. The second kappa shape index (κ2) is 10.4. The molecular weight excluding hydrogens is 352 g/mol. The van der Waals surface area contributed by atoms with Crippen molar-refractivity contribution in [1.82, 2.24) is 21.4 Å². The number of carbonyl (C=O) groups excluding carboxylic acids is 4. The Morgan fingerprint density at radius 2 is 1.70 bits per heavy atom. The minimum atomic E-state index is -1.06. The van der Waals surface area contributed by atoms with Gasteiger partial charge in [-0.15, -0.1) is 0 Å². The highest BCUT2D eigenvalue weighted by atomic mass is 16.8. The Labute approximate surface area is 160 Å². The molecule has 0 bridgehead atoms. The van der Waals surface area contributed by atoms with Gasteiger partial charge in [0.1, 0.15) is 6.04 Å². The Hall–Kier alpha value is -2.00. The van der Waals surface area contributed by atoms with E-state index in [2.05, 4.69) is 21.4 Å². The molecule has 4 N–H and O–H groups in total. The van der Waals surface area contributed by atoms with Gasteiger partial charge in [-0.3, -0.25) is 24.0 Å². The highest BCUT2D eigenvalue weighted by Crippen LogP contribution is 2.23. The van der Waals surface area contributed by atoms with Crippen LogP contribution in [0.5, 0.6) is 0 Å². The third-order valence-corrected chi connectivity index (χ3v) is 4.28. The van der Waals surface area contributed by atoms with Gasteiger partial charge in [-0.1, -0.05) is 27.7 Å². The molecule has 0 spiro atoms. The van der Waals surface area contributed by atoms with E-state index in [1.807, 2.05) is 27.7 Å². The summed E-state index contributed by atoms with van der Waals surface area (Å²) in [5.74, 6) is -0.578. The van der Waals surface area contributed by atoms with E-state index in [0.717, 1.165) is 6.42 Å². The number of hydroxylamine groups is 1. The van der Waals surface area contributed by atoms with Gasteiger partial charge in [0, 0.05) is 0 Å². The summed E-state index contributed by atoms with van der Waals surface area (Å²) in [6.45, 7) is 9.26. The molecule has 9 heteroatoms. The molecule has 3 atom stereocenters. The average Bonchev–Trinajstić information content (AvgIpc) is 3.33. The Bertz CT molecular complexity index is 546. The minimum Gasteiger partial charge on any atom is -0.347 e. The van der Waals surface area contributed by atoms with E-state index in [4.69, 9.17) is 4.84 Å². The lowest BCUT2D eigenvalue weighted by atomic mass is 9.96. The van der Waals surface area contributed by atoms with Crippen molar-refractivity contribution in [3.05, 3.63) is 0 Å². The second-order valence-electron chi connectivity index (χ2n) is 7.88. The van der Waals surface area contributed by atoms with Crippen LogP contribution in [0.25, 0.3) is 0 Å². The van der Waals surface area contributed by atoms with Crippen LogP contribution in [0.4, 0.5) is 0 Å². The van der Waals surface area contributed by atoms with Gasteiger partial charge >= 0.3 is 0 Å². The molecule has 1 rings (SSSR count). The quantitative estimate of drug-likeness (QED) is 0.260. The molecule has 27 heavy (non-hydrogen) atoms. The lowest BCUT2D eigenvalue weighted by Crippen LogP contribution is -2.51. The van der Waals surface area contributed by atoms with Crippen molar-refractivity contribution in [3.63, 3.8) is 0 Å². The molecule has 0 radical (unpaired) electrons. The van der Waals surface area contributed by atoms with Crippen molar-refractivity contribution in [3.8, 4) is 0 Å². The van der Waals surface area contributed by atoms with E-state index in [-0.39, 0.29) is 18.2 Å². The van der Waals surface area contributed by atoms with Crippen LogP contribution in [0.3, 0.4) is 0 Å². The molecule has 0 aliphatic carbocycles. The van der Waals surface area contributed by atoms with Gasteiger partial charge in [0.15, 0.2) is 0 Å². The molecule has 1 aliphatic heterocycles. The van der Waals surface area contributed by atoms with E-state index >= 15 is 0 Å². The van der Waals surface area contributed by atoms with E-state index in [1.54, 1.807) is 6.92 Å². The van der Waals surface area contributed by atoms with Crippen molar-refractivity contribution in [2.45, 2.75) is 71.7 Å². The summed E-state index contributed by atoms with van der Waals surface area (Å²) in [5.41, 5.74) is 1.46. The summed E-state index contributed by atoms with van der Waals surface area (Å²) in [6.07, 6.45) is 2.19. The lowest BCUT2D eigenvalue weighted by Gasteiger charge is -2.21. The lowest BCUT2D eigenvalue weighted by molar-refractivity contribution is -0.131. The van der Waals surface area contributed by atoms with Crippen molar-refractivity contribution < 1.29 is 24.0 Å². The highest BCUT2D eigenvalue weighted by molar-refractivity contribution is 5.96. The number of amides is 3. The van der Waals surface area contributed by atoms with Gasteiger partial charge in [-0.2, -0.15) is 5.48 Å². The van der Waals surface area contributed by atoms with Crippen LogP contribution in [-0.4, -0.2) is 48.4 Å². The Morgan fingerprint density at radius 1 is 1.07 bits per heavy atom. The number of rotatable bonds is 13. The number of ketones is 1. The average molecular weight is 384 g/mol. The molecule has 1 saturated heterocycles. The SMILES string of the molecule is CC(C)CCC(NC=O)C(=O)NCC(=O)NC(CC(C)C)C(=O)C1(C)NO1. The van der Waals surface area contributed by atoms with Gasteiger partial charge in [-0.25, -0.2) is 0 Å². The van der Waals surface area contributed by atoms with Crippen LogP contribution < -0.4 is 21.4 Å². The Kier molecular flexibility index (Phi) is 8.84. The maximum atomic E-state index is 12.4. The first-order valence-corrected chi connectivity index (χ1v) is 9.35. The van der Waals surface area contributed by atoms with Crippen LogP contribution in [0, 0.1) is 11.8 Å². The number of Topliss-reactive ketones (excluding diaryl/α,β-unsaturated/α-hetero) is 1. The first kappa shape index (κ1) is 23.0. The normalized spacial score (nSPS) is 20.7. The van der Waals surface area contributed by atoms with Crippen LogP contribution in [0.2, 0.25) is 0 Å². The first-order chi connectivity index (χ1) is 12.6. The fraction of sp³-hybridized carbons (Fsp3) is 0.778. The maximum Gasteiger partial charge on any atom is 0.243 e. The maximum absolute atomic E-state index is 12.4. The van der Waals surface area contributed by atoms with Gasteiger partial charge in [-0.05, 0) is 38.0 Å². The standard InChI is InChI=1S/C18H32N4O5/c1-11(2)6-7-13(20-10-23)17(26)19-9-15(24)21-14(8-12(3)4)16(25)18(5)22-27-18/h10-14,22H,6-9H2,1-5H3,(H,19,26)(H,20,23)(H,21,24). The predicted octanol–water partition coefficient (Wildman–Crippen LogP) is 0.00440. The van der Waals surface area contributed by atoms with Crippen molar-refractivity contribution in [2.75, 3.05) is 6.54 Å². The zero-order valence-electron chi connectivity index (χ0n) is 16.8. The zero-order valence-corrected chi connectivity index (χ0v) is 16.8. The number of nitrogens with one attached hydrogen (secondary N) is 4. The molecular formula is C18H32N4O5. The third kappa shape index (κ3) is 8.04. The van der Waals surface area contributed by atoms with Crippen LogP contribution in [0.1, 0.15) is 53.9 Å². The van der Waals surface area contributed by atoms with Crippen molar-refractivity contribution in [2.24, 2.45) is 11.8 Å². The zero-order chi connectivity index (χ0) is 20.6. The predicted molar refractivity (Wildman–Crippen MR) is 99.1 cm³/mol. The third-order valence-electron chi connectivity index (χ3n) is 4.28. The molecule has 154 valence electrons. The summed E-state index contributed by atoms with van der Waals surface area (Å²) in [7, 11) is 0. The van der Waals surface area contributed by atoms with E-state index < -0.39 is 29.6 Å². The van der Waals surface area contributed by atoms with Crippen molar-refractivity contribution in [1.29, 1.82) is 0 Å². The van der Waals surface area contributed by atoms with Gasteiger partial charge in [0.05, 0.1) is 12.6 Å². The molecule has 0 aromatic rings. The van der Waals surface area contributed by atoms with Crippen molar-refractivity contribution >= 4 is 24.0 Å². The van der Waals surface area contributed by atoms with Gasteiger partial charge in [0.2, 0.25) is 29.7 Å². The van der Waals surface area contributed by atoms with Crippen LogP contribution in [-0.2, 0) is 24.0 Å². The topological polar surface area (TPSA) is 139 Å². The first-order valence-electron chi connectivity index (χ1n) is 9.35.